The molecule has 0 aliphatic rings. The van der Waals surface area contributed by atoms with E-state index in [4.69, 9.17) is 4.74 Å². The van der Waals surface area contributed by atoms with Crippen LogP contribution in [0.2, 0.25) is 0 Å². The zero-order valence-corrected chi connectivity index (χ0v) is 9.83. The number of ether oxygens (including phenoxy) is 1. The topological polar surface area (TPSA) is 22.1 Å². The van der Waals surface area contributed by atoms with E-state index in [2.05, 4.69) is 4.98 Å². The van der Waals surface area contributed by atoms with E-state index in [1.807, 2.05) is 0 Å². The number of alkyl halides is 3. The molecular formula is C13H9F4NO. The summed E-state index contributed by atoms with van der Waals surface area (Å²) in [6.45, 7) is 0. The van der Waals surface area contributed by atoms with Crippen molar-refractivity contribution < 1.29 is 22.3 Å². The number of methoxy groups -OCH3 is 1. The summed E-state index contributed by atoms with van der Waals surface area (Å²) < 4.78 is 57.0. The van der Waals surface area contributed by atoms with Crippen molar-refractivity contribution >= 4 is 0 Å². The van der Waals surface area contributed by atoms with Gasteiger partial charge in [0.15, 0.2) is 5.75 Å². The molecule has 6 heteroatoms. The van der Waals surface area contributed by atoms with Crippen molar-refractivity contribution in [3.8, 4) is 16.9 Å². The van der Waals surface area contributed by atoms with Crippen LogP contribution in [0.4, 0.5) is 17.6 Å². The first-order chi connectivity index (χ1) is 8.95. The first kappa shape index (κ1) is 13.3. The predicted octanol–water partition coefficient (Wildman–Crippen LogP) is 3.92. The van der Waals surface area contributed by atoms with E-state index >= 15 is 0 Å². The molecule has 0 radical (unpaired) electrons. The lowest BCUT2D eigenvalue weighted by Gasteiger charge is -2.15. The van der Waals surface area contributed by atoms with Gasteiger partial charge in [-0.2, -0.15) is 17.6 Å². The van der Waals surface area contributed by atoms with E-state index in [0.717, 1.165) is 12.3 Å². The maximum Gasteiger partial charge on any atom is 0.417 e. The summed E-state index contributed by atoms with van der Waals surface area (Å²) in [6, 6.07) is 6.21. The fraction of sp³-hybridized carbons (Fsp3) is 0.154. The lowest BCUT2D eigenvalue weighted by molar-refractivity contribution is -0.137. The highest BCUT2D eigenvalue weighted by molar-refractivity contribution is 5.73. The second-order valence-corrected chi connectivity index (χ2v) is 3.73. The third-order valence-electron chi connectivity index (χ3n) is 2.59. The van der Waals surface area contributed by atoms with Crippen molar-refractivity contribution in [3.05, 3.63) is 48.0 Å². The lowest BCUT2D eigenvalue weighted by Crippen LogP contribution is -2.07. The lowest BCUT2D eigenvalue weighted by atomic mass is 9.99. The Labute approximate surface area is 106 Å². The molecular weight excluding hydrogens is 262 g/mol. The van der Waals surface area contributed by atoms with E-state index < -0.39 is 17.7 Å². The summed E-state index contributed by atoms with van der Waals surface area (Å²) in [7, 11) is 1.18. The minimum Gasteiger partial charge on any atom is -0.491 e. The summed E-state index contributed by atoms with van der Waals surface area (Å²) in [5.74, 6) is -1.25. The quantitative estimate of drug-likeness (QED) is 0.610. The minimum atomic E-state index is -4.53. The summed E-state index contributed by atoms with van der Waals surface area (Å²) in [4.78, 5) is 3.36. The van der Waals surface area contributed by atoms with Crippen molar-refractivity contribution in [3.63, 3.8) is 0 Å². The van der Waals surface area contributed by atoms with Gasteiger partial charge in [0, 0.05) is 11.8 Å². The van der Waals surface area contributed by atoms with E-state index in [1.54, 1.807) is 0 Å². The highest BCUT2D eigenvalue weighted by Crippen LogP contribution is 2.40. The van der Waals surface area contributed by atoms with Crippen LogP contribution in [-0.2, 0) is 6.18 Å². The highest BCUT2D eigenvalue weighted by atomic mass is 19.4. The standard InChI is InChI=1S/C13H9F4NO/c1-19-11-9(6-7-18-12(11)14)8-4-2-3-5-10(8)13(15,16)17/h2-7H,1H3. The molecule has 0 atom stereocenters. The molecule has 0 spiro atoms. The minimum absolute atomic E-state index is 0.0166. The Morgan fingerprint density at radius 1 is 1.05 bits per heavy atom. The summed E-state index contributed by atoms with van der Waals surface area (Å²) in [5.41, 5.74) is -0.977. The van der Waals surface area contributed by atoms with Crippen molar-refractivity contribution in [2.75, 3.05) is 7.11 Å². The van der Waals surface area contributed by atoms with Gasteiger partial charge in [0.25, 0.3) is 5.95 Å². The molecule has 0 fully saturated rings. The molecule has 2 aromatic rings. The van der Waals surface area contributed by atoms with Crippen LogP contribution in [0.1, 0.15) is 5.56 Å². The zero-order chi connectivity index (χ0) is 14.0. The Bertz CT molecular complexity index is 595. The first-order valence-electron chi connectivity index (χ1n) is 5.30. The molecule has 0 amide bonds. The zero-order valence-electron chi connectivity index (χ0n) is 9.83. The number of halogens is 4. The second-order valence-electron chi connectivity index (χ2n) is 3.73. The summed E-state index contributed by atoms with van der Waals surface area (Å²) in [6.07, 6.45) is -3.43. The van der Waals surface area contributed by atoms with Crippen LogP contribution in [0.3, 0.4) is 0 Å². The number of pyridine rings is 1. The van der Waals surface area contributed by atoms with Crippen LogP contribution < -0.4 is 4.74 Å². The van der Waals surface area contributed by atoms with Crippen LogP contribution >= 0.6 is 0 Å². The number of aromatic nitrogens is 1. The number of hydrogen-bond acceptors (Lipinski definition) is 2. The Kier molecular flexibility index (Phi) is 3.42. The van der Waals surface area contributed by atoms with Gasteiger partial charge in [-0.3, -0.25) is 0 Å². The van der Waals surface area contributed by atoms with Crippen molar-refractivity contribution in [2.45, 2.75) is 6.18 Å². The largest absolute Gasteiger partial charge is 0.491 e. The fourth-order valence-electron chi connectivity index (χ4n) is 1.79. The predicted molar refractivity (Wildman–Crippen MR) is 61.2 cm³/mol. The SMILES string of the molecule is COc1c(-c2ccccc2C(F)(F)F)ccnc1F. The molecule has 2 nitrogen and oxygen atoms in total. The molecule has 1 aromatic carbocycles. The molecule has 0 aliphatic carbocycles. The molecule has 100 valence electrons. The number of rotatable bonds is 2. The molecule has 0 saturated carbocycles. The molecule has 0 N–H and O–H groups in total. The van der Waals surface area contributed by atoms with Gasteiger partial charge >= 0.3 is 6.18 Å². The molecule has 19 heavy (non-hydrogen) atoms. The summed E-state index contributed by atoms with van der Waals surface area (Å²) in [5, 5.41) is 0. The van der Waals surface area contributed by atoms with Gasteiger partial charge in [0.2, 0.25) is 0 Å². The fourth-order valence-corrected chi connectivity index (χ4v) is 1.79. The maximum absolute atomic E-state index is 13.4. The van der Waals surface area contributed by atoms with Crippen molar-refractivity contribution in [2.24, 2.45) is 0 Å². The van der Waals surface area contributed by atoms with E-state index in [9.17, 15) is 17.6 Å². The number of benzene rings is 1. The van der Waals surface area contributed by atoms with Gasteiger partial charge in [-0.05, 0) is 17.7 Å². The summed E-state index contributed by atoms with van der Waals surface area (Å²) >= 11 is 0. The number of hydrogen-bond donors (Lipinski definition) is 0. The van der Waals surface area contributed by atoms with Crippen LogP contribution in [0, 0.1) is 5.95 Å². The third kappa shape index (κ3) is 2.52. The first-order valence-corrected chi connectivity index (χ1v) is 5.30. The molecule has 2 rings (SSSR count). The molecule has 1 aromatic heterocycles. The second kappa shape index (κ2) is 4.87. The smallest absolute Gasteiger partial charge is 0.417 e. The van der Waals surface area contributed by atoms with E-state index in [-0.39, 0.29) is 16.9 Å². The van der Waals surface area contributed by atoms with Gasteiger partial charge < -0.3 is 4.74 Å². The van der Waals surface area contributed by atoms with Crippen LogP contribution in [0.15, 0.2) is 36.5 Å². The van der Waals surface area contributed by atoms with Gasteiger partial charge in [0.1, 0.15) is 0 Å². The normalized spacial score (nSPS) is 11.4. The van der Waals surface area contributed by atoms with Crippen molar-refractivity contribution in [1.82, 2.24) is 4.98 Å². The Hall–Kier alpha value is -2.11. The van der Waals surface area contributed by atoms with Crippen LogP contribution in [-0.4, -0.2) is 12.1 Å². The third-order valence-corrected chi connectivity index (χ3v) is 2.59. The monoisotopic (exact) mass is 271 g/mol. The van der Waals surface area contributed by atoms with Crippen molar-refractivity contribution in [1.29, 1.82) is 0 Å². The van der Waals surface area contributed by atoms with Gasteiger partial charge in [-0.25, -0.2) is 4.98 Å². The highest BCUT2D eigenvalue weighted by Gasteiger charge is 2.34. The number of nitrogens with zero attached hydrogens (tertiary/aromatic N) is 1. The van der Waals surface area contributed by atoms with E-state index in [1.165, 1.54) is 31.4 Å². The van der Waals surface area contributed by atoms with Gasteiger partial charge in [-0.1, -0.05) is 18.2 Å². The Balaban J connectivity index is 2.70. The average molecular weight is 271 g/mol. The molecule has 0 bridgehead atoms. The molecule has 0 unspecified atom stereocenters. The van der Waals surface area contributed by atoms with E-state index in [0.29, 0.717) is 0 Å². The Morgan fingerprint density at radius 3 is 2.37 bits per heavy atom. The average Bonchev–Trinajstić information content (AvgIpc) is 2.37. The van der Waals surface area contributed by atoms with Crippen LogP contribution in [0.5, 0.6) is 5.75 Å². The van der Waals surface area contributed by atoms with Crippen LogP contribution in [0.25, 0.3) is 11.1 Å². The van der Waals surface area contributed by atoms with Gasteiger partial charge in [0.05, 0.1) is 12.7 Å². The molecule has 1 heterocycles. The Morgan fingerprint density at radius 2 is 1.74 bits per heavy atom. The maximum atomic E-state index is 13.4. The molecule has 0 saturated heterocycles. The molecule has 0 aliphatic heterocycles. The van der Waals surface area contributed by atoms with Gasteiger partial charge in [-0.15, -0.1) is 0 Å².